The van der Waals surface area contributed by atoms with Crippen molar-refractivity contribution in [2.24, 2.45) is 0 Å². The van der Waals surface area contributed by atoms with E-state index in [1.165, 1.54) is 5.69 Å². The van der Waals surface area contributed by atoms with Crippen LogP contribution in [0, 0.1) is 0 Å². The Bertz CT molecular complexity index is 282. The molecular weight excluding hydrogens is 196 g/mol. The smallest absolute Gasteiger partial charge is 0.0408 e. The minimum Gasteiger partial charge on any atom is -0.370 e. The Morgan fingerprint density at radius 2 is 1.81 bits per heavy atom. The van der Waals surface area contributed by atoms with Gasteiger partial charge in [0.25, 0.3) is 0 Å². The van der Waals surface area contributed by atoms with Gasteiger partial charge in [-0.25, -0.2) is 0 Å². The lowest BCUT2D eigenvalue weighted by Gasteiger charge is -2.30. The van der Waals surface area contributed by atoms with Gasteiger partial charge in [0.2, 0.25) is 0 Å². The van der Waals surface area contributed by atoms with Crippen LogP contribution in [0.15, 0.2) is 30.3 Å². The summed E-state index contributed by atoms with van der Waals surface area (Å²) < 4.78 is 0. The van der Waals surface area contributed by atoms with Crippen LogP contribution in [0.2, 0.25) is 0 Å². The summed E-state index contributed by atoms with van der Waals surface area (Å²) in [6.45, 7) is 7.66. The minimum absolute atomic E-state index is 0.554. The van der Waals surface area contributed by atoms with E-state index in [4.69, 9.17) is 0 Å². The van der Waals surface area contributed by atoms with Crippen molar-refractivity contribution in [2.45, 2.75) is 39.3 Å². The lowest BCUT2D eigenvalue weighted by molar-refractivity contribution is 0.502. The van der Waals surface area contributed by atoms with Gasteiger partial charge in [0.1, 0.15) is 0 Å². The van der Waals surface area contributed by atoms with Gasteiger partial charge in [-0.05, 0) is 18.6 Å². The third kappa shape index (κ3) is 3.86. The number of hydrogen-bond donors (Lipinski definition) is 1. The quantitative estimate of drug-likeness (QED) is 0.793. The van der Waals surface area contributed by atoms with Crippen molar-refractivity contribution in [3.05, 3.63) is 30.3 Å². The van der Waals surface area contributed by atoms with Gasteiger partial charge in [0.15, 0.2) is 0 Å². The lowest BCUT2D eigenvalue weighted by Crippen LogP contribution is -2.41. The molecule has 0 spiro atoms. The fourth-order valence-electron chi connectivity index (χ4n) is 1.80. The van der Waals surface area contributed by atoms with Crippen LogP contribution < -0.4 is 10.2 Å². The standard InChI is InChI=1S/C14H24N2/c1-5-13(11-15-12(2)3)16(4)14-9-7-6-8-10-14/h6-10,12-13,15H,5,11H2,1-4H3. The van der Waals surface area contributed by atoms with Crippen LogP contribution in [0.4, 0.5) is 5.69 Å². The molecule has 90 valence electrons. The summed E-state index contributed by atoms with van der Waals surface area (Å²) in [5, 5.41) is 3.51. The molecule has 0 aliphatic carbocycles. The van der Waals surface area contributed by atoms with Crippen molar-refractivity contribution in [3.8, 4) is 0 Å². The van der Waals surface area contributed by atoms with Gasteiger partial charge in [0, 0.05) is 31.4 Å². The molecule has 2 heteroatoms. The molecule has 0 fully saturated rings. The van der Waals surface area contributed by atoms with Gasteiger partial charge in [-0.2, -0.15) is 0 Å². The van der Waals surface area contributed by atoms with Crippen molar-refractivity contribution < 1.29 is 0 Å². The zero-order valence-electron chi connectivity index (χ0n) is 10.9. The molecule has 0 heterocycles. The van der Waals surface area contributed by atoms with Crippen molar-refractivity contribution in [2.75, 3.05) is 18.5 Å². The Morgan fingerprint density at radius 1 is 1.19 bits per heavy atom. The fraction of sp³-hybridized carbons (Fsp3) is 0.571. The number of nitrogens with one attached hydrogen (secondary N) is 1. The van der Waals surface area contributed by atoms with E-state index >= 15 is 0 Å². The predicted molar refractivity (Wildman–Crippen MR) is 72.1 cm³/mol. The topological polar surface area (TPSA) is 15.3 Å². The maximum atomic E-state index is 3.51. The molecular formula is C14H24N2. The number of likely N-dealkylation sites (N-methyl/N-ethyl adjacent to an activating group) is 1. The number of anilines is 1. The average molecular weight is 220 g/mol. The third-order valence-electron chi connectivity index (χ3n) is 2.94. The Labute approximate surface area is 99.7 Å². The van der Waals surface area contributed by atoms with Gasteiger partial charge in [-0.15, -0.1) is 0 Å². The number of benzene rings is 1. The summed E-state index contributed by atoms with van der Waals surface area (Å²) >= 11 is 0. The van der Waals surface area contributed by atoms with E-state index in [0.29, 0.717) is 12.1 Å². The molecule has 2 nitrogen and oxygen atoms in total. The van der Waals surface area contributed by atoms with Gasteiger partial charge in [0.05, 0.1) is 0 Å². The summed E-state index contributed by atoms with van der Waals surface area (Å²) in [5.41, 5.74) is 1.29. The monoisotopic (exact) mass is 220 g/mol. The number of hydrogen-bond acceptors (Lipinski definition) is 2. The molecule has 0 aliphatic rings. The molecule has 0 bridgehead atoms. The molecule has 16 heavy (non-hydrogen) atoms. The predicted octanol–water partition coefficient (Wildman–Crippen LogP) is 2.90. The molecule has 1 unspecified atom stereocenters. The first-order valence-corrected chi connectivity index (χ1v) is 6.16. The Kier molecular flexibility index (Phi) is 5.33. The average Bonchev–Trinajstić information content (AvgIpc) is 2.30. The van der Waals surface area contributed by atoms with Crippen LogP contribution in [0.3, 0.4) is 0 Å². The molecule has 0 aromatic heterocycles. The molecule has 0 radical (unpaired) electrons. The van der Waals surface area contributed by atoms with E-state index in [9.17, 15) is 0 Å². The highest BCUT2D eigenvalue weighted by molar-refractivity contribution is 5.46. The zero-order valence-corrected chi connectivity index (χ0v) is 10.9. The van der Waals surface area contributed by atoms with Crippen molar-refractivity contribution in [1.82, 2.24) is 5.32 Å². The maximum Gasteiger partial charge on any atom is 0.0408 e. The summed E-state index contributed by atoms with van der Waals surface area (Å²) in [6, 6.07) is 11.7. The largest absolute Gasteiger partial charge is 0.370 e. The second kappa shape index (κ2) is 6.54. The van der Waals surface area contributed by atoms with E-state index in [2.05, 4.69) is 68.4 Å². The molecule has 1 aromatic rings. The number of rotatable bonds is 6. The fourth-order valence-corrected chi connectivity index (χ4v) is 1.80. The molecule has 0 aliphatic heterocycles. The molecule has 0 saturated heterocycles. The first-order chi connectivity index (χ1) is 7.65. The summed E-state index contributed by atoms with van der Waals surface area (Å²) in [7, 11) is 2.17. The van der Waals surface area contributed by atoms with Crippen LogP contribution in [0.1, 0.15) is 27.2 Å². The molecule has 1 atom stereocenters. The summed E-state index contributed by atoms with van der Waals surface area (Å²) in [5.74, 6) is 0. The van der Waals surface area contributed by atoms with Crippen molar-refractivity contribution in [3.63, 3.8) is 0 Å². The van der Waals surface area contributed by atoms with Crippen molar-refractivity contribution in [1.29, 1.82) is 0 Å². The minimum atomic E-state index is 0.554. The van der Waals surface area contributed by atoms with Gasteiger partial charge >= 0.3 is 0 Å². The van der Waals surface area contributed by atoms with Crippen LogP contribution in [0.25, 0.3) is 0 Å². The van der Waals surface area contributed by atoms with Gasteiger partial charge < -0.3 is 10.2 Å². The molecule has 1 rings (SSSR count). The highest BCUT2D eigenvalue weighted by atomic mass is 15.2. The Morgan fingerprint density at radius 3 is 2.31 bits per heavy atom. The summed E-state index contributed by atoms with van der Waals surface area (Å²) in [4.78, 5) is 2.36. The third-order valence-corrected chi connectivity index (χ3v) is 2.94. The van der Waals surface area contributed by atoms with Crippen LogP contribution in [-0.4, -0.2) is 25.7 Å². The molecule has 1 aromatic carbocycles. The van der Waals surface area contributed by atoms with Crippen LogP contribution >= 0.6 is 0 Å². The number of nitrogens with zero attached hydrogens (tertiary/aromatic N) is 1. The first-order valence-electron chi connectivity index (χ1n) is 6.16. The Balaban J connectivity index is 2.59. The SMILES string of the molecule is CCC(CNC(C)C)N(C)c1ccccc1. The second-order valence-electron chi connectivity index (χ2n) is 4.57. The van der Waals surface area contributed by atoms with Crippen LogP contribution in [-0.2, 0) is 0 Å². The highest BCUT2D eigenvalue weighted by Gasteiger charge is 2.12. The molecule has 0 saturated carbocycles. The lowest BCUT2D eigenvalue weighted by atomic mass is 10.1. The van der Waals surface area contributed by atoms with Gasteiger partial charge in [-0.3, -0.25) is 0 Å². The van der Waals surface area contributed by atoms with E-state index in [1.807, 2.05) is 0 Å². The normalized spacial score (nSPS) is 12.8. The van der Waals surface area contributed by atoms with Gasteiger partial charge in [-0.1, -0.05) is 39.0 Å². The highest BCUT2D eigenvalue weighted by Crippen LogP contribution is 2.15. The molecule has 0 amide bonds. The summed E-state index contributed by atoms with van der Waals surface area (Å²) in [6.07, 6.45) is 1.16. The maximum absolute atomic E-state index is 3.51. The van der Waals surface area contributed by atoms with E-state index in [0.717, 1.165) is 13.0 Å². The first kappa shape index (κ1) is 13.0. The van der Waals surface area contributed by atoms with E-state index in [1.54, 1.807) is 0 Å². The van der Waals surface area contributed by atoms with E-state index in [-0.39, 0.29) is 0 Å². The zero-order chi connectivity index (χ0) is 12.0. The van der Waals surface area contributed by atoms with Crippen LogP contribution in [0.5, 0.6) is 0 Å². The Hall–Kier alpha value is -1.02. The van der Waals surface area contributed by atoms with Crippen molar-refractivity contribution >= 4 is 5.69 Å². The van der Waals surface area contributed by atoms with E-state index < -0.39 is 0 Å². The number of para-hydroxylation sites is 1. The second-order valence-corrected chi connectivity index (χ2v) is 4.57. The molecule has 1 N–H and O–H groups in total.